The number of rotatable bonds is 7. The second-order valence-corrected chi connectivity index (χ2v) is 11.7. The Kier molecular flexibility index (Phi) is 8.39. The largest absolute Gasteiger partial charge is 0.390 e. The predicted octanol–water partition coefficient (Wildman–Crippen LogP) is 3.72. The fourth-order valence-corrected chi connectivity index (χ4v) is 6.13. The molecule has 2 fully saturated rings. The molecular weight excluding hydrogens is 422 g/mol. The molecule has 6 nitrogen and oxygen atoms in total. The van der Waals surface area contributed by atoms with Crippen molar-refractivity contribution in [1.82, 2.24) is 15.5 Å². The first-order chi connectivity index (χ1) is 15.1. The van der Waals surface area contributed by atoms with Gasteiger partial charge in [-0.25, -0.2) is 0 Å². The van der Waals surface area contributed by atoms with Gasteiger partial charge in [-0.15, -0.1) is 11.3 Å². The minimum Gasteiger partial charge on any atom is -0.390 e. The van der Waals surface area contributed by atoms with Gasteiger partial charge in [0.05, 0.1) is 23.1 Å². The average Bonchev–Trinajstić information content (AvgIpc) is 3.16. The van der Waals surface area contributed by atoms with E-state index in [2.05, 4.69) is 15.5 Å². The number of hydrogen-bond donors (Lipinski definition) is 3. The molecule has 3 N–H and O–H groups in total. The number of aryl methyl sites for hydroxylation is 1. The summed E-state index contributed by atoms with van der Waals surface area (Å²) in [5.41, 5.74) is 0.665. The van der Waals surface area contributed by atoms with Gasteiger partial charge in [0.2, 0.25) is 5.91 Å². The Hall–Kier alpha value is -1.44. The van der Waals surface area contributed by atoms with Crippen LogP contribution in [-0.4, -0.2) is 58.6 Å². The quantitative estimate of drug-likeness (QED) is 0.576. The zero-order chi connectivity index (χ0) is 23.5. The monoisotopic (exact) mass is 463 g/mol. The fraction of sp³-hybridized carbons (Fsp3) is 0.760. The van der Waals surface area contributed by atoms with Crippen LogP contribution in [0.3, 0.4) is 0 Å². The second-order valence-electron chi connectivity index (χ2n) is 10.7. The van der Waals surface area contributed by atoms with Crippen molar-refractivity contribution in [2.45, 2.75) is 96.9 Å². The van der Waals surface area contributed by atoms with E-state index >= 15 is 0 Å². The van der Waals surface area contributed by atoms with Gasteiger partial charge in [0.25, 0.3) is 5.91 Å². The summed E-state index contributed by atoms with van der Waals surface area (Å²) in [5, 5.41) is 19.2. The standard InChI is InChI=1S/C25H41N3O3S/c1-6-19(26-24(31)22-16(2)11-12-32-22)21(29)15-28-14-18-10-8-7-9-17(18)13-20(28)23(30)27-25(3,4)5/h11-12,17-21,29H,6-10,13-15H2,1-5H3,(H,26,31)(H,27,30)/t17-,18+,19-,20-,21+/m0/s1. The summed E-state index contributed by atoms with van der Waals surface area (Å²) in [6.07, 6.45) is 5.68. The molecule has 1 saturated heterocycles. The van der Waals surface area contributed by atoms with Crippen molar-refractivity contribution < 1.29 is 14.7 Å². The third kappa shape index (κ3) is 6.33. The number of piperidine rings is 1. The molecule has 0 spiro atoms. The average molecular weight is 464 g/mol. The molecule has 3 rings (SSSR count). The first-order valence-corrected chi connectivity index (χ1v) is 13.1. The van der Waals surface area contributed by atoms with Gasteiger partial charge in [-0.2, -0.15) is 0 Å². The first-order valence-electron chi connectivity index (χ1n) is 12.2. The zero-order valence-corrected chi connectivity index (χ0v) is 21.1. The van der Waals surface area contributed by atoms with Gasteiger partial charge in [0, 0.05) is 18.6 Å². The van der Waals surface area contributed by atoms with E-state index in [1.165, 1.54) is 37.0 Å². The van der Waals surface area contributed by atoms with E-state index in [0.717, 1.165) is 18.5 Å². The van der Waals surface area contributed by atoms with Crippen molar-refractivity contribution in [3.63, 3.8) is 0 Å². The van der Waals surface area contributed by atoms with Gasteiger partial charge >= 0.3 is 0 Å². The number of hydrogen-bond acceptors (Lipinski definition) is 5. The fourth-order valence-electron chi connectivity index (χ4n) is 5.30. The maximum Gasteiger partial charge on any atom is 0.261 e. The minimum atomic E-state index is -0.728. The van der Waals surface area contributed by atoms with Crippen LogP contribution in [-0.2, 0) is 4.79 Å². The summed E-state index contributed by atoms with van der Waals surface area (Å²) >= 11 is 1.42. The third-order valence-corrected chi connectivity index (χ3v) is 8.03. The molecule has 0 bridgehead atoms. The highest BCUT2D eigenvalue weighted by Crippen LogP contribution is 2.38. The Labute approximate surface area is 197 Å². The number of carbonyl (C=O) groups excluding carboxylic acids is 2. The van der Waals surface area contributed by atoms with Crippen LogP contribution in [0.1, 0.15) is 81.5 Å². The second kappa shape index (κ2) is 10.7. The highest BCUT2D eigenvalue weighted by molar-refractivity contribution is 7.12. The van der Waals surface area contributed by atoms with Crippen molar-refractivity contribution in [2.75, 3.05) is 13.1 Å². The Morgan fingerprint density at radius 1 is 1.25 bits per heavy atom. The van der Waals surface area contributed by atoms with Crippen LogP contribution in [0.25, 0.3) is 0 Å². The van der Waals surface area contributed by atoms with E-state index in [1.54, 1.807) is 0 Å². The molecule has 1 aromatic heterocycles. The van der Waals surface area contributed by atoms with Gasteiger partial charge in [0.15, 0.2) is 0 Å². The normalized spacial score (nSPS) is 26.1. The minimum absolute atomic E-state index is 0.0556. The van der Waals surface area contributed by atoms with Crippen molar-refractivity contribution in [3.05, 3.63) is 21.9 Å². The molecule has 1 saturated carbocycles. The number of aliphatic hydroxyl groups is 1. The van der Waals surface area contributed by atoms with Crippen molar-refractivity contribution in [2.24, 2.45) is 11.8 Å². The molecule has 2 heterocycles. The first kappa shape index (κ1) is 25.2. The van der Waals surface area contributed by atoms with E-state index < -0.39 is 6.10 Å². The predicted molar refractivity (Wildman–Crippen MR) is 130 cm³/mol. The Bertz CT molecular complexity index is 788. The number of β-amino-alcohol motifs (C(OH)–C–C–N with tert-alkyl or cyclic N) is 1. The van der Waals surface area contributed by atoms with E-state index in [0.29, 0.717) is 29.7 Å². The van der Waals surface area contributed by atoms with Gasteiger partial charge in [-0.1, -0.05) is 26.2 Å². The van der Waals surface area contributed by atoms with E-state index in [-0.39, 0.29) is 29.4 Å². The van der Waals surface area contributed by atoms with E-state index in [1.807, 2.05) is 46.1 Å². The number of fused-ring (bicyclic) bond motifs is 1. The van der Waals surface area contributed by atoms with Crippen LogP contribution in [0.15, 0.2) is 11.4 Å². The van der Waals surface area contributed by atoms with E-state index in [4.69, 9.17) is 0 Å². The lowest BCUT2D eigenvalue weighted by Crippen LogP contribution is -2.60. The molecule has 0 unspecified atom stereocenters. The highest BCUT2D eigenvalue weighted by atomic mass is 32.1. The third-order valence-electron chi connectivity index (χ3n) is 7.01. The Morgan fingerprint density at radius 3 is 2.53 bits per heavy atom. The molecule has 2 amide bonds. The maximum atomic E-state index is 13.2. The lowest BCUT2D eigenvalue weighted by molar-refractivity contribution is -0.132. The number of thiophene rings is 1. The van der Waals surface area contributed by atoms with Crippen LogP contribution in [0.4, 0.5) is 0 Å². The zero-order valence-electron chi connectivity index (χ0n) is 20.3. The number of amides is 2. The van der Waals surface area contributed by atoms with Crippen LogP contribution in [0.2, 0.25) is 0 Å². The number of aliphatic hydroxyl groups excluding tert-OH is 1. The van der Waals surface area contributed by atoms with Crippen molar-refractivity contribution in [1.29, 1.82) is 0 Å². The number of likely N-dealkylation sites (tertiary alicyclic amines) is 1. The summed E-state index contributed by atoms with van der Waals surface area (Å²) in [7, 11) is 0. The lowest BCUT2D eigenvalue weighted by atomic mass is 9.72. The molecule has 1 aliphatic carbocycles. The SMILES string of the molecule is CC[C@H](NC(=O)c1sccc1C)[C@H](O)CN1C[C@H]2CCCC[C@H]2C[C@H]1C(=O)NC(C)(C)C. The lowest BCUT2D eigenvalue weighted by Gasteiger charge is -2.47. The van der Waals surface area contributed by atoms with Crippen LogP contribution in [0.5, 0.6) is 0 Å². The van der Waals surface area contributed by atoms with Crippen LogP contribution < -0.4 is 10.6 Å². The summed E-state index contributed by atoms with van der Waals surface area (Å²) in [6, 6.07) is 1.36. The molecule has 0 radical (unpaired) electrons. The van der Waals surface area contributed by atoms with Gasteiger partial charge in [-0.3, -0.25) is 14.5 Å². The highest BCUT2D eigenvalue weighted by Gasteiger charge is 2.41. The van der Waals surface area contributed by atoms with Gasteiger partial charge in [-0.05, 0) is 75.8 Å². The molecule has 180 valence electrons. The molecule has 7 heteroatoms. The molecule has 1 aliphatic heterocycles. The smallest absolute Gasteiger partial charge is 0.261 e. The van der Waals surface area contributed by atoms with Gasteiger partial charge < -0.3 is 15.7 Å². The molecule has 5 atom stereocenters. The maximum absolute atomic E-state index is 13.2. The topological polar surface area (TPSA) is 81.7 Å². The van der Waals surface area contributed by atoms with Gasteiger partial charge in [0.1, 0.15) is 0 Å². The molecular formula is C25H41N3O3S. The van der Waals surface area contributed by atoms with Crippen molar-refractivity contribution >= 4 is 23.2 Å². The van der Waals surface area contributed by atoms with E-state index in [9.17, 15) is 14.7 Å². The number of carbonyl (C=O) groups is 2. The number of nitrogens with zero attached hydrogens (tertiary/aromatic N) is 1. The Balaban J connectivity index is 1.70. The molecule has 0 aromatic carbocycles. The number of nitrogens with one attached hydrogen (secondary N) is 2. The van der Waals surface area contributed by atoms with Crippen LogP contribution in [0, 0.1) is 18.8 Å². The summed E-state index contributed by atoms with van der Waals surface area (Å²) in [5.74, 6) is 1.12. The summed E-state index contributed by atoms with van der Waals surface area (Å²) in [4.78, 5) is 28.8. The molecule has 1 aromatic rings. The summed E-state index contributed by atoms with van der Waals surface area (Å²) in [6.45, 7) is 11.2. The Morgan fingerprint density at radius 2 is 1.94 bits per heavy atom. The van der Waals surface area contributed by atoms with Crippen molar-refractivity contribution in [3.8, 4) is 0 Å². The molecule has 2 aliphatic rings. The summed E-state index contributed by atoms with van der Waals surface area (Å²) < 4.78 is 0. The van der Waals surface area contributed by atoms with Crippen LogP contribution >= 0.6 is 11.3 Å². The molecule has 32 heavy (non-hydrogen) atoms.